The summed E-state index contributed by atoms with van der Waals surface area (Å²) in [5.41, 5.74) is 2.19. The second-order valence-electron chi connectivity index (χ2n) is 7.64. The first-order valence-electron chi connectivity index (χ1n) is 11.0. The third-order valence-electron chi connectivity index (χ3n) is 5.04. The van der Waals surface area contributed by atoms with E-state index in [0.717, 1.165) is 11.3 Å². The number of urea groups is 1. The molecule has 3 amide bonds. The maximum Gasteiger partial charge on any atom is 0.319 e. The zero-order chi connectivity index (χ0) is 23.6. The summed E-state index contributed by atoms with van der Waals surface area (Å²) in [6.45, 7) is 0. The number of amides is 3. The van der Waals surface area contributed by atoms with Crippen molar-refractivity contribution < 1.29 is 14.3 Å². The zero-order valence-corrected chi connectivity index (χ0v) is 18.5. The van der Waals surface area contributed by atoms with E-state index in [0.29, 0.717) is 23.5 Å². The van der Waals surface area contributed by atoms with Gasteiger partial charge >= 0.3 is 6.03 Å². The first kappa shape index (κ1) is 22.6. The van der Waals surface area contributed by atoms with Crippen LogP contribution in [0.25, 0.3) is 0 Å². The molecule has 1 atom stereocenters. The van der Waals surface area contributed by atoms with E-state index in [1.54, 1.807) is 36.4 Å². The van der Waals surface area contributed by atoms with Crippen molar-refractivity contribution in [2.75, 3.05) is 10.6 Å². The highest BCUT2D eigenvalue weighted by Gasteiger charge is 2.21. The van der Waals surface area contributed by atoms with Gasteiger partial charge in [-0.1, -0.05) is 66.7 Å². The summed E-state index contributed by atoms with van der Waals surface area (Å²) < 4.78 is 5.78. The van der Waals surface area contributed by atoms with E-state index in [2.05, 4.69) is 16.0 Å². The first-order valence-corrected chi connectivity index (χ1v) is 11.0. The number of ether oxygens (including phenoxy) is 1. The lowest BCUT2D eigenvalue weighted by Crippen LogP contribution is -2.46. The van der Waals surface area contributed by atoms with Crippen molar-refractivity contribution in [1.82, 2.24) is 5.32 Å². The molecule has 0 saturated carbocycles. The molecule has 170 valence electrons. The summed E-state index contributed by atoms with van der Waals surface area (Å²) in [6, 6.07) is 34.0. The van der Waals surface area contributed by atoms with Crippen molar-refractivity contribution >= 4 is 23.3 Å². The minimum atomic E-state index is -0.761. The molecule has 0 heterocycles. The summed E-state index contributed by atoms with van der Waals surface area (Å²) in [7, 11) is 0. The molecule has 6 heteroatoms. The van der Waals surface area contributed by atoms with Crippen molar-refractivity contribution in [3.05, 3.63) is 121 Å². The molecule has 0 aliphatic rings. The van der Waals surface area contributed by atoms with Crippen LogP contribution in [0.2, 0.25) is 0 Å². The number of rotatable bonds is 8. The molecular formula is C28H25N3O3. The van der Waals surface area contributed by atoms with Gasteiger partial charge in [-0.3, -0.25) is 4.79 Å². The van der Waals surface area contributed by atoms with Crippen LogP contribution in [0.1, 0.15) is 5.56 Å². The molecule has 1 unspecified atom stereocenters. The molecule has 4 aromatic rings. The molecule has 4 rings (SSSR count). The standard InChI is InChI=1S/C28H25N3O3/c32-27(29-22-12-6-2-7-13-22)26(20-21-10-4-1-5-11-21)31-28(33)30-23-16-18-25(19-17-23)34-24-14-8-3-9-15-24/h1-19,26H,20H2,(H,29,32)(H2,30,31,33). The second-order valence-corrected chi connectivity index (χ2v) is 7.64. The Bertz CT molecular complexity index is 1200. The largest absolute Gasteiger partial charge is 0.457 e. The number of anilines is 2. The van der Waals surface area contributed by atoms with Gasteiger partial charge in [-0.2, -0.15) is 0 Å². The molecule has 0 aliphatic carbocycles. The topological polar surface area (TPSA) is 79.5 Å². The van der Waals surface area contributed by atoms with Crippen LogP contribution in [0.4, 0.5) is 16.2 Å². The second kappa shape index (κ2) is 11.3. The third-order valence-corrected chi connectivity index (χ3v) is 5.04. The minimum absolute atomic E-state index is 0.295. The average Bonchev–Trinajstić information content (AvgIpc) is 2.87. The highest BCUT2D eigenvalue weighted by Crippen LogP contribution is 2.22. The Labute approximate surface area is 198 Å². The SMILES string of the molecule is O=C(Nc1ccc(Oc2ccccc2)cc1)NC(Cc1ccccc1)C(=O)Nc1ccccc1. The molecule has 0 spiro atoms. The molecular weight excluding hydrogens is 426 g/mol. The molecule has 0 fully saturated rings. The van der Waals surface area contributed by atoms with Gasteiger partial charge in [-0.25, -0.2) is 4.79 Å². The number of para-hydroxylation sites is 2. The number of carbonyl (C=O) groups is 2. The van der Waals surface area contributed by atoms with Gasteiger partial charge in [0, 0.05) is 17.8 Å². The van der Waals surface area contributed by atoms with E-state index in [1.807, 2.05) is 78.9 Å². The van der Waals surface area contributed by atoms with E-state index in [4.69, 9.17) is 4.74 Å². The minimum Gasteiger partial charge on any atom is -0.457 e. The summed E-state index contributed by atoms with van der Waals surface area (Å²) in [4.78, 5) is 25.7. The van der Waals surface area contributed by atoms with Crippen molar-refractivity contribution in [2.45, 2.75) is 12.5 Å². The predicted molar refractivity (Wildman–Crippen MR) is 134 cm³/mol. The van der Waals surface area contributed by atoms with Crippen LogP contribution in [0.15, 0.2) is 115 Å². The Morgan fingerprint density at radius 1 is 0.618 bits per heavy atom. The van der Waals surface area contributed by atoms with Gasteiger partial charge < -0.3 is 20.7 Å². The fourth-order valence-electron chi connectivity index (χ4n) is 3.37. The number of carbonyl (C=O) groups excluding carboxylic acids is 2. The average molecular weight is 452 g/mol. The molecule has 6 nitrogen and oxygen atoms in total. The quantitative estimate of drug-likeness (QED) is 0.314. The van der Waals surface area contributed by atoms with Gasteiger partial charge in [0.05, 0.1) is 0 Å². The van der Waals surface area contributed by atoms with Crippen LogP contribution in [0.3, 0.4) is 0 Å². The van der Waals surface area contributed by atoms with Gasteiger partial charge in [0.15, 0.2) is 0 Å². The monoisotopic (exact) mass is 451 g/mol. The molecule has 4 aromatic carbocycles. The van der Waals surface area contributed by atoms with Crippen LogP contribution in [0, 0.1) is 0 Å². The van der Waals surface area contributed by atoms with Crippen molar-refractivity contribution in [2.24, 2.45) is 0 Å². The van der Waals surface area contributed by atoms with Crippen LogP contribution >= 0.6 is 0 Å². The fraction of sp³-hybridized carbons (Fsp3) is 0.0714. The maximum atomic E-state index is 13.0. The Morgan fingerprint density at radius 3 is 1.79 bits per heavy atom. The van der Waals surface area contributed by atoms with Crippen LogP contribution in [-0.4, -0.2) is 18.0 Å². The zero-order valence-electron chi connectivity index (χ0n) is 18.5. The van der Waals surface area contributed by atoms with Gasteiger partial charge in [0.25, 0.3) is 0 Å². The molecule has 34 heavy (non-hydrogen) atoms. The van der Waals surface area contributed by atoms with Crippen molar-refractivity contribution in [1.29, 1.82) is 0 Å². The summed E-state index contributed by atoms with van der Waals surface area (Å²) in [6.07, 6.45) is 0.358. The van der Waals surface area contributed by atoms with Gasteiger partial charge in [-0.05, 0) is 54.1 Å². The van der Waals surface area contributed by atoms with E-state index in [-0.39, 0.29) is 5.91 Å². The van der Waals surface area contributed by atoms with E-state index < -0.39 is 12.1 Å². The predicted octanol–water partition coefficient (Wildman–Crippen LogP) is 5.85. The first-order chi connectivity index (χ1) is 16.7. The van der Waals surface area contributed by atoms with Gasteiger partial charge in [-0.15, -0.1) is 0 Å². The Morgan fingerprint density at radius 2 is 1.15 bits per heavy atom. The van der Waals surface area contributed by atoms with Crippen LogP contribution in [-0.2, 0) is 11.2 Å². The molecule has 0 radical (unpaired) electrons. The molecule has 3 N–H and O–H groups in total. The normalized spacial score (nSPS) is 11.2. The molecule has 0 bridgehead atoms. The van der Waals surface area contributed by atoms with Crippen LogP contribution < -0.4 is 20.7 Å². The molecule has 0 aromatic heterocycles. The maximum absolute atomic E-state index is 13.0. The van der Waals surface area contributed by atoms with E-state index in [1.165, 1.54) is 0 Å². The third kappa shape index (κ3) is 6.71. The highest BCUT2D eigenvalue weighted by atomic mass is 16.5. The van der Waals surface area contributed by atoms with E-state index in [9.17, 15) is 9.59 Å². The number of hydrogen-bond acceptors (Lipinski definition) is 3. The molecule has 0 saturated heterocycles. The van der Waals surface area contributed by atoms with Crippen molar-refractivity contribution in [3.8, 4) is 11.5 Å². The van der Waals surface area contributed by atoms with Crippen molar-refractivity contribution in [3.63, 3.8) is 0 Å². The Kier molecular flexibility index (Phi) is 7.54. The summed E-state index contributed by atoms with van der Waals surface area (Å²) in [5, 5.41) is 8.44. The van der Waals surface area contributed by atoms with Crippen LogP contribution in [0.5, 0.6) is 11.5 Å². The highest BCUT2D eigenvalue weighted by molar-refractivity contribution is 5.99. The Balaban J connectivity index is 1.39. The number of nitrogens with one attached hydrogen (secondary N) is 3. The lowest BCUT2D eigenvalue weighted by Gasteiger charge is -2.19. The smallest absolute Gasteiger partial charge is 0.319 e. The summed E-state index contributed by atoms with van der Waals surface area (Å²) >= 11 is 0. The number of benzene rings is 4. The Hall–Kier alpha value is -4.58. The summed E-state index contributed by atoms with van der Waals surface area (Å²) in [5.74, 6) is 1.09. The van der Waals surface area contributed by atoms with Gasteiger partial charge in [0.2, 0.25) is 5.91 Å². The number of hydrogen-bond donors (Lipinski definition) is 3. The van der Waals surface area contributed by atoms with Gasteiger partial charge in [0.1, 0.15) is 17.5 Å². The lowest BCUT2D eigenvalue weighted by molar-refractivity contribution is -0.117. The fourth-order valence-corrected chi connectivity index (χ4v) is 3.37. The molecule has 0 aliphatic heterocycles. The lowest BCUT2D eigenvalue weighted by atomic mass is 10.1. The van der Waals surface area contributed by atoms with E-state index >= 15 is 0 Å².